The van der Waals surface area contributed by atoms with Crippen molar-refractivity contribution >= 4 is 0 Å². The molecule has 0 unspecified atom stereocenters. The van der Waals surface area contributed by atoms with E-state index >= 15 is 0 Å². The van der Waals surface area contributed by atoms with Gasteiger partial charge in [0.15, 0.2) is 0 Å². The summed E-state index contributed by atoms with van der Waals surface area (Å²) in [4.78, 5) is 0. The molecule has 1 N–H and O–H groups in total. The molecule has 1 rings (SSSR count). The van der Waals surface area contributed by atoms with Gasteiger partial charge in [-0.3, -0.25) is 0 Å². The summed E-state index contributed by atoms with van der Waals surface area (Å²) < 4.78 is 5.55. The standard InChI is InChI=1S/C12H19NO.ClH/c1-10(2)13-8-9-14-12-6-4-11(3)5-7-12;/h4-7,10,13H,8-9H2,1-3H3;1H/p-1. The number of rotatable bonds is 5. The molecule has 0 aliphatic heterocycles. The van der Waals surface area contributed by atoms with Gasteiger partial charge in [0, 0.05) is 12.6 Å². The van der Waals surface area contributed by atoms with Crippen LogP contribution in [0.5, 0.6) is 5.75 Å². The van der Waals surface area contributed by atoms with Gasteiger partial charge in [-0.25, -0.2) is 0 Å². The zero-order valence-electron chi connectivity index (χ0n) is 9.59. The maximum atomic E-state index is 5.55. The number of hydrogen-bond donors (Lipinski definition) is 1. The number of nitrogens with one attached hydrogen (secondary N) is 1. The molecule has 0 bridgehead atoms. The number of benzene rings is 1. The second kappa shape index (κ2) is 7.55. The summed E-state index contributed by atoms with van der Waals surface area (Å²) in [5, 5.41) is 3.30. The van der Waals surface area contributed by atoms with Gasteiger partial charge in [-0.1, -0.05) is 31.5 Å². The topological polar surface area (TPSA) is 21.3 Å². The van der Waals surface area contributed by atoms with Gasteiger partial charge in [0.05, 0.1) is 0 Å². The Hall–Kier alpha value is -0.730. The van der Waals surface area contributed by atoms with E-state index in [1.165, 1.54) is 5.56 Å². The third-order valence-corrected chi connectivity index (χ3v) is 1.94. The summed E-state index contributed by atoms with van der Waals surface area (Å²) in [6.07, 6.45) is 0. The summed E-state index contributed by atoms with van der Waals surface area (Å²) in [7, 11) is 0. The van der Waals surface area contributed by atoms with Crippen LogP contribution in [0.15, 0.2) is 24.3 Å². The van der Waals surface area contributed by atoms with Crippen molar-refractivity contribution in [3.63, 3.8) is 0 Å². The monoisotopic (exact) mass is 228 g/mol. The highest BCUT2D eigenvalue weighted by Crippen LogP contribution is 2.10. The van der Waals surface area contributed by atoms with Crippen molar-refractivity contribution in [2.24, 2.45) is 0 Å². The Morgan fingerprint density at radius 2 is 1.80 bits per heavy atom. The van der Waals surface area contributed by atoms with Crippen molar-refractivity contribution in [3.05, 3.63) is 29.8 Å². The predicted molar refractivity (Wildman–Crippen MR) is 59.8 cm³/mol. The first-order valence-electron chi connectivity index (χ1n) is 5.11. The first-order valence-corrected chi connectivity index (χ1v) is 5.11. The van der Waals surface area contributed by atoms with E-state index in [4.69, 9.17) is 4.74 Å². The predicted octanol–water partition coefficient (Wildman–Crippen LogP) is -0.624. The van der Waals surface area contributed by atoms with Crippen LogP contribution in [0.2, 0.25) is 0 Å². The smallest absolute Gasteiger partial charge is 0.119 e. The van der Waals surface area contributed by atoms with E-state index < -0.39 is 0 Å². The van der Waals surface area contributed by atoms with Crippen molar-refractivity contribution in [2.75, 3.05) is 13.2 Å². The van der Waals surface area contributed by atoms with Crippen molar-refractivity contribution in [2.45, 2.75) is 26.8 Å². The molecule has 0 aliphatic carbocycles. The average molecular weight is 229 g/mol. The molecule has 15 heavy (non-hydrogen) atoms. The quantitative estimate of drug-likeness (QED) is 0.679. The third kappa shape index (κ3) is 6.37. The Morgan fingerprint density at radius 1 is 1.20 bits per heavy atom. The molecule has 0 atom stereocenters. The van der Waals surface area contributed by atoms with Gasteiger partial charge in [-0.05, 0) is 19.1 Å². The molecule has 1 aromatic carbocycles. The van der Waals surface area contributed by atoms with Crippen LogP contribution < -0.4 is 22.5 Å². The van der Waals surface area contributed by atoms with Crippen molar-refractivity contribution in [1.82, 2.24) is 5.32 Å². The Morgan fingerprint density at radius 3 is 2.33 bits per heavy atom. The highest BCUT2D eigenvalue weighted by Gasteiger charge is 1.94. The van der Waals surface area contributed by atoms with Crippen LogP contribution in [0.1, 0.15) is 19.4 Å². The lowest BCUT2D eigenvalue weighted by atomic mass is 10.2. The van der Waals surface area contributed by atoms with Crippen molar-refractivity contribution in [3.8, 4) is 5.75 Å². The first kappa shape index (κ1) is 14.3. The molecule has 86 valence electrons. The van der Waals surface area contributed by atoms with Gasteiger partial charge in [0.2, 0.25) is 0 Å². The molecule has 0 radical (unpaired) electrons. The zero-order chi connectivity index (χ0) is 10.4. The molecule has 0 heterocycles. The second-order valence-electron chi connectivity index (χ2n) is 3.77. The van der Waals surface area contributed by atoms with Crippen molar-refractivity contribution < 1.29 is 17.1 Å². The van der Waals surface area contributed by atoms with Gasteiger partial charge in [0.1, 0.15) is 12.4 Å². The first-order chi connectivity index (χ1) is 6.68. The lowest BCUT2D eigenvalue weighted by Gasteiger charge is -2.09. The van der Waals surface area contributed by atoms with Crippen LogP contribution in [0.3, 0.4) is 0 Å². The van der Waals surface area contributed by atoms with Crippen LogP contribution in [-0.2, 0) is 0 Å². The molecule has 3 heteroatoms. The van der Waals surface area contributed by atoms with E-state index in [1.54, 1.807) is 0 Å². The number of aryl methyl sites for hydroxylation is 1. The van der Waals surface area contributed by atoms with E-state index in [9.17, 15) is 0 Å². The van der Waals surface area contributed by atoms with Crippen LogP contribution in [0.4, 0.5) is 0 Å². The highest BCUT2D eigenvalue weighted by molar-refractivity contribution is 5.26. The van der Waals surface area contributed by atoms with Gasteiger partial charge in [0.25, 0.3) is 0 Å². The van der Waals surface area contributed by atoms with Gasteiger partial charge in [-0.2, -0.15) is 0 Å². The average Bonchev–Trinajstić information content (AvgIpc) is 2.15. The van der Waals surface area contributed by atoms with Crippen LogP contribution in [-0.4, -0.2) is 19.2 Å². The highest BCUT2D eigenvalue weighted by atomic mass is 35.5. The summed E-state index contributed by atoms with van der Waals surface area (Å²) in [6.45, 7) is 7.95. The van der Waals surface area contributed by atoms with E-state index in [2.05, 4.69) is 38.2 Å². The molecule has 1 aromatic rings. The fourth-order valence-electron chi connectivity index (χ4n) is 1.15. The SMILES string of the molecule is Cc1ccc(OCCNC(C)C)cc1.[Cl-]. The lowest BCUT2D eigenvalue weighted by Crippen LogP contribution is -3.00. The number of ether oxygens (including phenoxy) is 1. The minimum Gasteiger partial charge on any atom is -1.00 e. The molecule has 0 saturated heterocycles. The second-order valence-corrected chi connectivity index (χ2v) is 3.77. The molecule has 0 amide bonds. The van der Waals surface area contributed by atoms with Crippen LogP contribution in [0.25, 0.3) is 0 Å². The fraction of sp³-hybridized carbons (Fsp3) is 0.500. The molecule has 2 nitrogen and oxygen atoms in total. The van der Waals surface area contributed by atoms with Crippen molar-refractivity contribution in [1.29, 1.82) is 0 Å². The van der Waals surface area contributed by atoms with Gasteiger partial charge < -0.3 is 22.5 Å². The summed E-state index contributed by atoms with van der Waals surface area (Å²) in [6, 6.07) is 8.66. The zero-order valence-corrected chi connectivity index (χ0v) is 10.3. The number of hydrogen-bond acceptors (Lipinski definition) is 2. The minimum atomic E-state index is 0. The molecular weight excluding hydrogens is 210 g/mol. The Balaban J connectivity index is 0.00000196. The van der Waals surface area contributed by atoms with Crippen LogP contribution in [0, 0.1) is 6.92 Å². The van der Waals surface area contributed by atoms with E-state index in [-0.39, 0.29) is 12.4 Å². The summed E-state index contributed by atoms with van der Waals surface area (Å²) in [5.74, 6) is 0.946. The lowest BCUT2D eigenvalue weighted by molar-refractivity contribution is -0.00000366. The molecule has 0 spiro atoms. The molecule has 0 aromatic heterocycles. The Labute approximate surface area is 98.4 Å². The summed E-state index contributed by atoms with van der Waals surface area (Å²) in [5.41, 5.74) is 1.26. The van der Waals surface area contributed by atoms with Gasteiger partial charge in [-0.15, -0.1) is 0 Å². The van der Waals surface area contributed by atoms with Crippen LogP contribution >= 0.6 is 0 Å². The maximum absolute atomic E-state index is 5.55. The largest absolute Gasteiger partial charge is 1.00 e. The summed E-state index contributed by atoms with van der Waals surface area (Å²) >= 11 is 0. The Kier molecular flexibility index (Phi) is 7.18. The normalized spacial score (nSPS) is 9.87. The fourth-order valence-corrected chi connectivity index (χ4v) is 1.15. The Bertz CT molecular complexity index is 259. The molecule has 0 fully saturated rings. The van der Waals surface area contributed by atoms with E-state index in [0.717, 1.165) is 18.9 Å². The third-order valence-electron chi connectivity index (χ3n) is 1.94. The maximum Gasteiger partial charge on any atom is 0.119 e. The molecular formula is C12H19ClNO-. The molecule has 0 saturated carbocycles. The number of halogens is 1. The minimum absolute atomic E-state index is 0. The molecule has 0 aliphatic rings. The van der Waals surface area contributed by atoms with E-state index in [0.29, 0.717) is 6.04 Å². The van der Waals surface area contributed by atoms with Gasteiger partial charge >= 0.3 is 0 Å². The van der Waals surface area contributed by atoms with E-state index in [1.807, 2.05) is 12.1 Å².